The molecule has 0 aromatic heterocycles. The van der Waals surface area contributed by atoms with Crippen molar-refractivity contribution in [2.75, 3.05) is 13.1 Å². The number of carbonyl (C=O) groups excluding carboxylic acids is 1. The molecule has 32 heavy (non-hydrogen) atoms. The molecule has 4 heteroatoms. The fraction of sp³-hybridized carbons (Fsp3) is 0.321. The first kappa shape index (κ1) is 22.3. The van der Waals surface area contributed by atoms with Crippen LogP contribution >= 0.6 is 0 Å². The van der Waals surface area contributed by atoms with E-state index in [0.29, 0.717) is 38.1 Å². The van der Waals surface area contributed by atoms with Gasteiger partial charge in [0.1, 0.15) is 12.4 Å². The third-order valence-corrected chi connectivity index (χ3v) is 6.61. The molecule has 1 N–H and O–H groups in total. The Bertz CT molecular complexity index is 1020. The Labute approximate surface area is 190 Å². The molecule has 166 valence electrons. The second-order valence-corrected chi connectivity index (χ2v) is 9.07. The van der Waals surface area contributed by atoms with Crippen molar-refractivity contribution in [3.05, 3.63) is 102 Å². The van der Waals surface area contributed by atoms with Crippen LogP contribution in [0.1, 0.15) is 48.2 Å². The number of aliphatic hydroxyl groups is 1. The molecule has 1 fully saturated rings. The molecule has 1 heterocycles. The Balaban J connectivity index is 1.38. The van der Waals surface area contributed by atoms with Crippen LogP contribution in [-0.2, 0) is 12.2 Å². The zero-order valence-corrected chi connectivity index (χ0v) is 18.8. The molecule has 3 aromatic carbocycles. The van der Waals surface area contributed by atoms with Crippen molar-refractivity contribution in [1.29, 1.82) is 0 Å². The minimum absolute atomic E-state index is 0.0808. The normalized spacial score (nSPS) is 16.5. The van der Waals surface area contributed by atoms with Gasteiger partial charge in [-0.3, -0.25) is 9.69 Å². The van der Waals surface area contributed by atoms with Gasteiger partial charge in [0.15, 0.2) is 5.78 Å². The van der Waals surface area contributed by atoms with Crippen LogP contribution in [0, 0.1) is 0 Å². The van der Waals surface area contributed by atoms with Crippen molar-refractivity contribution in [1.82, 2.24) is 4.90 Å². The van der Waals surface area contributed by atoms with Gasteiger partial charge in [0.2, 0.25) is 0 Å². The number of rotatable bonds is 7. The van der Waals surface area contributed by atoms with Crippen molar-refractivity contribution in [2.45, 2.75) is 44.4 Å². The van der Waals surface area contributed by atoms with Crippen molar-refractivity contribution >= 4 is 5.78 Å². The van der Waals surface area contributed by atoms with Gasteiger partial charge in [-0.25, -0.2) is 0 Å². The van der Waals surface area contributed by atoms with Gasteiger partial charge >= 0.3 is 0 Å². The molecular formula is C28H31NO3. The minimum Gasteiger partial charge on any atom is -0.489 e. The zero-order chi connectivity index (χ0) is 22.6. The van der Waals surface area contributed by atoms with Crippen LogP contribution in [0.15, 0.2) is 84.9 Å². The molecule has 1 saturated heterocycles. The maximum absolute atomic E-state index is 13.3. The minimum atomic E-state index is -0.825. The number of benzene rings is 3. The van der Waals surface area contributed by atoms with Gasteiger partial charge in [-0.05, 0) is 62.1 Å². The average Bonchev–Trinajstić information content (AvgIpc) is 2.84. The highest BCUT2D eigenvalue weighted by molar-refractivity contribution is 6.02. The van der Waals surface area contributed by atoms with Gasteiger partial charge in [0.05, 0.1) is 11.1 Å². The quantitative estimate of drug-likeness (QED) is 0.524. The summed E-state index contributed by atoms with van der Waals surface area (Å²) in [6.45, 7) is 5.78. The number of hydrogen-bond acceptors (Lipinski definition) is 4. The van der Waals surface area contributed by atoms with Gasteiger partial charge < -0.3 is 9.84 Å². The molecule has 1 aliphatic heterocycles. The molecule has 0 aliphatic carbocycles. The molecule has 0 saturated carbocycles. The second-order valence-electron chi connectivity index (χ2n) is 9.07. The van der Waals surface area contributed by atoms with Crippen LogP contribution in [0.2, 0.25) is 0 Å². The molecule has 1 aliphatic rings. The number of nitrogens with zero attached hydrogens (tertiary/aromatic N) is 1. The van der Waals surface area contributed by atoms with Gasteiger partial charge in [0, 0.05) is 18.7 Å². The molecule has 0 radical (unpaired) electrons. The topological polar surface area (TPSA) is 49.8 Å². The van der Waals surface area contributed by atoms with Crippen LogP contribution in [-0.4, -0.2) is 34.4 Å². The van der Waals surface area contributed by atoms with E-state index in [1.54, 1.807) is 0 Å². The number of ketones is 1. The summed E-state index contributed by atoms with van der Waals surface area (Å²) < 4.78 is 5.84. The first-order valence-electron chi connectivity index (χ1n) is 11.2. The summed E-state index contributed by atoms with van der Waals surface area (Å²) in [5.74, 6) is 0.825. The van der Waals surface area contributed by atoms with E-state index < -0.39 is 11.1 Å². The van der Waals surface area contributed by atoms with E-state index in [1.807, 2.05) is 98.8 Å². The smallest absolute Gasteiger partial charge is 0.182 e. The Morgan fingerprint density at radius 1 is 0.906 bits per heavy atom. The maximum Gasteiger partial charge on any atom is 0.182 e. The Kier molecular flexibility index (Phi) is 6.45. The number of Topliss-reactive ketones (excluding diaryl/α,β-unsaturated/α-hetero) is 1. The third-order valence-electron chi connectivity index (χ3n) is 6.61. The Morgan fingerprint density at radius 2 is 1.47 bits per heavy atom. The van der Waals surface area contributed by atoms with Gasteiger partial charge in [0.25, 0.3) is 0 Å². The van der Waals surface area contributed by atoms with Crippen LogP contribution in [0.25, 0.3) is 0 Å². The van der Waals surface area contributed by atoms with Crippen molar-refractivity contribution < 1.29 is 14.6 Å². The lowest BCUT2D eigenvalue weighted by Gasteiger charge is -2.45. The first-order valence-corrected chi connectivity index (χ1v) is 11.2. The number of carbonyl (C=O) groups is 1. The summed E-state index contributed by atoms with van der Waals surface area (Å²) in [5, 5.41) is 11.1. The number of piperidine rings is 1. The van der Waals surface area contributed by atoms with E-state index >= 15 is 0 Å². The molecule has 0 unspecified atom stereocenters. The lowest BCUT2D eigenvalue weighted by Crippen LogP contribution is -2.55. The zero-order valence-electron chi connectivity index (χ0n) is 18.8. The summed E-state index contributed by atoms with van der Waals surface area (Å²) in [4.78, 5) is 15.5. The number of ether oxygens (including phenoxy) is 1. The predicted molar refractivity (Wildman–Crippen MR) is 127 cm³/mol. The highest BCUT2D eigenvalue weighted by Gasteiger charge is 2.41. The number of likely N-dealkylation sites (tertiary alicyclic amines) is 1. The maximum atomic E-state index is 13.3. The summed E-state index contributed by atoms with van der Waals surface area (Å²) >= 11 is 0. The fourth-order valence-electron chi connectivity index (χ4n) is 4.41. The highest BCUT2D eigenvalue weighted by atomic mass is 16.5. The fourth-order valence-corrected chi connectivity index (χ4v) is 4.41. The summed E-state index contributed by atoms with van der Waals surface area (Å²) in [6.07, 6.45) is 1.22. The van der Waals surface area contributed by atoms with E-state index in [2.05, 4.69) is 4.90 Å². The van der Waals surface area contributed by atoms with Gasteiger partial charge in [-0.15, -0.1) is 0 Å². The van der Waals surface area contributed by atoms with E-state index in [4.69, 9.17) is 4.74 Å². The SMILES string of the molecule is CC(C)(C(=O)c1ccc(OCc2ccccc2)cc1)N1CCC(O)(c2ccccc2)CC1. The molecular weight excluding hydrogens is 398 g/mol. The van der Waals surface area contributed by atoms with E-state index in [0.717, 1.165) is 16.9 Å². The largest absolute Gasteiger partial charge is 0.489 e. The lowest BCUT2D eigenvalue weighted by molar-refractivity contribution is -0.0443. The van der Waals surface area contributed by atoms with Gasteiger partial charge in [-0.1, -0.05) is 60.7 Å². The van der Waals surface area contributed by atoms with Crippen LogP contribution < -0.4 is 4.74 Å². The number of hydrogen-bond donors (Lipinski definition) is 1. The van der Waals surface area contributed by atoms with E-state index in [1.165, 1.54) is 0 Å². The van der Waals surface area contributed by atoms with Crippen molar-refractivity contribution in [3.8, 4) is 5.75 Å². The molecule has 0 bridgehead atoms. The first-order chi connectivity index (χ1) is 15.4. The lowest BCUT2D eigenvalue weighted by atomic mass is 9.81. The second kappa shape index (κ2) is 9.27. The predicted octanol–water partition coefficient (Wildman–Crippen LogP) is 5.21. The Morgan fingerprint density at radius 3 is 2.06 bits per heavy atom. The van der Waals surface area contributed by atoms with E-state index in [9.17, 15) is 9.90 Å². The molecule has 3 aromatic rings. The van der Waals surface area contributed by atoms with Crippen molar-refractivity contribution in [3.63, 3.8) is 0 Å². The third kappa shape index (κ3) is 4.77. The highest BCUT2D eigenvalue weighted by Crippen LogP contribution is 2.35. The van der Waals surface area contributed by atoms with Crippen molar-refractivity contribution in [2.24, 2.45) is 0 Å². The average molecular weight is 430 g/mol. The summed E-state index contributed by atoms with van der Waals surface area (Å²) in [5.41, 5.74) is 1.26. The van der Waals surface area contributed by atoms with Crippen LogP contribution in [0.3, 0.4) is 0 Å². The molecule has 0 atom stereocenters. The van der Waals surface area contributed by atoms with Gasteiger partial charge in [-0.2, -0.15) is 0 Å². The molecule has 4 nitrogen and oxygen atoms in total. The van der Waals surface area contributed by atoms with Crippen LogP contribution in [0.5, 0.6) is 5.75 Å². The molecule has 0 amide bonds. The van der Waals surface area contributed by atoms with Crippen LogP contribution in [0.4, 0.5) is 0 Å². The summed E-state index contributed by atoms with van der Waals surface area (Å²) in [7, 11) is 0. The standard InChI is InChI=1S/C28H31NO3/c1-27(2,29-19-17-28(31,18-20-29)24-11-7-4-8-12-24)26(30)23-13-15-25(16-14-23)32-21-22-9-5-3-6-10-22/h3-16,31H,17-21H2,1-2H3. The Hall–Kier alpha value is -2.95. The molecule has 4 rings (SSSR count). The van der Waals surface area contributed by atoms with E-state index in [-0.39, 0.29) is 5.78 Å². The monoisotopic (exact) mass is 429 g/mol. The summed E-state index contributed by atoms with van der Waals surface area (Å²) in [6, 6.07) is 27.2. The molecule has 0 spiro atoms.